The number of rotatable bonds is 12. The van der Waals surface area contributed by atoms with Gasteiger partial charge in [-0.15, -0.1) is 11.3 Å². The number of methoxy groups -OCH3 is 2. The molecule has 0 N–H and O–H groups in total. The van der Waals surface area contributed by atoms with Crippen LogP contribution in [0.15, 0.2) is 53.9 Å². The number of aryl methyl sites for hydroxylation is 1. The Morgan fingerprint density at radius 3 is 2.28 bits per heavy atom. The van der Waals surface area contributed by atoms with E-state index in [1.807, 2.05) is 43.5 Å². The first-order valence-corrected chi connectivity index (χ1v) is 12.8. The van der Waals surface area contributed by atoms with Crippen molar-refractivity contribution in [1.82, 2.24) is 9.80 Å². The van der Waals surface area contributed by atoms with Gasteiger partial charge in [0, 0.05) is 23.5 Å². The minimum Gasteiger partial charge on any atom is -0.493 e. The van der Waals surface area contributed by atoms with Crippen LogP contribution in [0.2, 0.25) is 0 Å². The Bertz CT molecular complexity index is 1160. The lowest BCUT2D eigenvalue weighted by atomic mass is 10.1. The Balaban J connectivity index is 1.78. The minimum atomic E-state index is -0.405. The van der Waals surface area contributed by atoms with Gasteiger partial charge in [-0.2, -0.15) is 0 Å². The number of hydrogen-bond donors (Lipinski definition) is 0. The number of ether oxygens (including phenoxy) is 2. The van der Waals surface area contributed by atoms with Crippen LogP contribution in [-0.4, -0.2) is 55.5 Å². The predicted octanol–water partition coefficient (Wildman–Crippen LogP) is 5.34. The Morgan fingerprint density at radius 2 is 1.67 bits per heavy atom. The smallest absolute Gasteiger partial charge is 0.254 e. The zero-order valence-corrected chi connectivity index (χ0v) is 22.1. The van der Waals surface area contributed by atoms with Crippen molar-refractivity contribution in [3.05, 3.63) is 81.3 Å². The molecule has 1 aromatic heterocycles. The van der Waals surface area contributed by atoms with Crippen LogP contribution in [0, 0.1) is 12.7 Å². The largest absolute Gasteiger partial charge is 0.493 e. The van der Waals surface area contributed by atoms with Crippen molar-refractivity contribution in [2.24, 2.45) is 0 Å². The van der Waals surface area contributed by atoms with Gasteiger partial charge >= 0.3 is 0 Å². The molecule has 0 radical (unpaired) electrons. The van der Waals surface area contributed by atoms with Crippen LogP contribution >= 0.6 is 11.3 Å². The summed E-state index contributed by atoms with van der Waals surface area (Å²) in [4.78, 5) is 31.1. The quantitative estimate of drug-likeness (QED) is 0.329. The maximum absolute atomic E-state index is 13.5. The van der Waals surface area contributed by atoms with E-state index in [0.717, 1.165) is 16.0 Å². The number of halogens is 1. The Labute approximate surface area is 216 Å². The minimum absolute atomic E-state index is 0.0413. The molecule has 0 fully saturated rings. The molecule has 192 valence electrons. The first-order chi connectivity index (χ1) is 17.4. The highest BCUT2D eigenvalue weighted by molar-refractivity contribution is 7.10. The van der Waals surface area contributed by atoms with Gasteiger partial charge in [-0.05, 0) is 78.7 Å². The van der Waals surface area contributed by atoms with E-state index in [1.165, 1.54) is 24.3 Å². The van der Waals surface area contributed by atoms with Gasteiger partial charge in [0.15, 0.2) is 11.5 Å². The van der Waals surface area contributed by atoms with Crippen molar-refractivity contribution >= 4 is 23.2 Å². The first-order valence-electron chi connectivity index (χ1n) is 11.9. The highest BCUT2D eigenvalue weighted by Gasteiger charge is 2.23. The molecule has 0 aliphatic carbocycles. The summed E-state index contributed by atoms with van der Waals surface area (Å²) in [6.45, 7) is 5.34. The molecule has 2 amide bonds. The third-order valence-corrected chi connectivity index (χ3v) is 6.98. The summed E-state index contributed by atoms with van der Waals surface area (Å²) in [5.41, 5.74) is 2.52. The van der Waals surface area contributed by atoms with E-state index in [-0.39, 0.29) is 18.4 Å². The van der Waals surface area contributed by atoms with E-state index in [0.29, 0.717) is 49.5 Å². The van der Waals surface area contributed by atoms with E-state index in [9.17, 15) is 14.0 Å². The molecule has 0 unspecified atom stereocenters. The molecule has 1 heterocycles. The lowest BCUT2D eigenvalue weighted by molar-refractivity contribution is -0.132. The van der Waals surface area contributed by atoms with Crippen molar-refractivity contribution < 1.29 is 23.5 Å². The fourth-order valence-corrected chi connectivity index (χ4v) is 4.81. The molecule has 0 bridgehead atoms. The molecule has 0 saturated heterocycles. The van der Waals surface area contributed by atoms with Crippen LogP contribution in [0.5, 0.6) is 11.5 Å². The van der Waals surface area contributed by atoms with Crippen LogP contribution in [-0.2, 0) is 17.8 Å². The van der Waals surface area contributed by atoms with Crippen molar-refractivity contribution in [3.63, 3.8) is 0 Å². The maximum atomic E-state index is 13.5. The van der Waals surface area contributed by atoms with Gasteiger partial charge in [-0.1, -0.05) is 13.0 Å². The second-order valence-electron chi connectivity index (χ2n) is 8.52. The Hall–Kier alpha value is -3.39. The maximum Gasteiger partial charge on any atom is 0.254 e. The second kappa shape index (κ2) is 13.1. The topological polar surface area (TPSA) is 59.1 Å². The molecule has 36 heavy (non-hydrogen) atoms. The number of hydrogen-bond acceptors (Lipinski definition) is 5. The van der Waals surface area contributed by atoms with Crippen molar-refractivity contribution in [2.45, 2.75) is 33.2 Å². The van der Waals surface area contributed by atoms with E-state index in [2.05, 4.69) is 0 Å². The summed E-state index contributed by atoms with van der Waals surface area (Å²) in [5, 5.41) is 2.02. The Morgan fingerprint density at radius 1 is 0.944 bits per heavy atom. The number of benzene rings is 2. The van der Waals surface area contributed by atoms with Gasteiger partial charge < -0.3 is 19.3 Å². The fraction of sp³-hybridized carbons (Fsp3) is 0.357. The molecule has 0 aliphatic heterocycles. The second-order valence-corrected chi connectivity index (χ2v) is 9.52. The molecular weight excluding hydrogens is 479 g/mol. The molecule has 0 atom stereocenters. The molecule has 2 aromatic carbocycles. The average molecular weight is 513 g/mol. The highest BCUT2D eigenvalue weighted by atomic mass is 32.1. The zero-order valence-electron chi connectivity index (χ0n) is 21.3. The van der Waals surface area contributed by atoms with Gasteiger partial charge in [0.2, 0.25) is 5.91 Å². The molecular formula is C28H33FN2O4S. The third-order valence-electron chi connectivity index (χ3n) is 5.97. The van der Waals surface area contributed by atoms with Crippen molar-refractivity contribution in [1.29, 1.82) is 0 Å². The monoisotopic (exact) mass is 512 g/mol. The summed E-state index contributed by atoms with van der Waals surface area (Å²) >= 11 is 1.62. The number of carbonyl (C=O) groups excluding carboxylic acids is 2. The molecule has 8 heteroatoms. The number of carbonyl (C=O) groups is 2. The molecule has 0 spiro atoms. The van der Waals surface area contributed by atoms with Crippen LogP contribution in [0.4, 0.5) is 4.39 Å². The van der Waals surface area contributed by atoms with E-state index >= 15 is 0 Å². The zero-order chi connectivity index (χ0) is 26.1. The summed E-state index contributed by atoms with van der Waals surface area (Å²) in [6.07, 6.45) is 1.33. The normalized spacial score (nSPS) is 10.7. The lowest BCUT2D eigenvalue weighted by Crippen LogP contribution is -2.43. The van der Waals surface area contributed by atoms with Gasteiger partial charge in [0.05, 0.1) is 20.8 Å². The van der Waals surface area contributed by atoms with Gasteiger partial charge in [0.1, 0.15) is 12.4 Å². The van der Waals surface area contributed by atoms with Crippen LogP contribution in [0.1, 0.15) is 39.7 Å². The summed E-state index contributed by atoms with van der Waals surface area (Å²) in [7, 11) is 3.19. The van der Waals surface area contributed by atoms with E-state index < -0.39 is 5.82 Å². The summed E-state index contributed by atoms with van der Waals surface area (Å²) in [6, 6.07) is 13.2. The van der Waals surface area contributed by atoms with Crippen molar-refractivity contribution in [3.8, 4) is 11.5 Å². The Kier molecular flexibility index (Phi) is 9.87. The summed E-state index contributed by atoms with van der Waals surface area (Å²) in [5.74, 6) is 0.473. The SMILES string of the molecule is CCCN(CC(=O)N(CCc1ccc(OC)c(OC)c1)Cc1sccc1C)C(=O)c1ccc(F)cc1. The first kappa shape index (κ1) is 27.2. The van der Waals surface area contributed by atoms with Gasteiger partial charge in [0.25, 0.3) is 5.91 Å². The number of amides is 2. The van der Waals surface area contributed by atoms with E-state index in [1.54, 1.807) is 35.4 Å². The number of nitrogens with zero attached hydrogens (tertiary/aromatic N) is 2. The molecule has 3 aromatic rings. The fourth-order valence-electron chi connectivity index (χ4n) is 3.89. The molecule has 0 aliphatic rings. The highest BCUT2D eigenvalue weighted by Crippen LogP contribution is 2.28. The van der Waals surface area contributed by atoms with Crippen LogP contribution in [0.25, 0.3) is 0 Å². The standard InChI is InChI=1S/C28H33FN2O4S/c1-5-14-31(28(33)22-7-9-23(29)10-8-22)19-27(32)30(18-26-20(2)13-16-36-26)15-12-21-6-11-24(34-3)25(17-21)35-4/h6-11,13,16-17H,5,12,14-15,18-19H2,1-4H3. The summed E-state index contributed by atoms with van der Waals surface area (Å²) < 4.78 is 24.1. The molecule has 0 saturated carbocycles. The van der Waals surface area contributed by atoms with Crippen molar-refractivity contribution in [2.75, 3.05) is 33.9 Å². The average Bonchev–Trinajstić information content (AvgIpc) is 3.29. The molecule has 3 rings (SSSR count). The van der Waals surface area contributed by atoms with Gasteiger partial charge in [-0.25, -0.2) is 4.39 Å². The third kappa shape index (κ3) is 7.07. The van der Waals surface area contributed by atoms with E-state index in [4.69, 9.17) is 9.47 Å². The van der Waals surface area contributed by atoms with Gasteiger partial charge in [-0.3, -0.25) is 9.59 Å². The van der Waals surface area contributed by atoms with Crippen LogP contribution < -0.4 is 9.47 Å². The number of thiophene rings is 1. The van der Waals surface area contributed by atoms with Crippen LogP contribution in [0.3, 0.4) is 0 Å². The molecule has 6 nitrogen and oxygen atoms in total. The predicted molar refractivity (Wildman–Crippen MR) is 140 cm³/mol. The lowest BCUT2D eigenvalue weighted by Gasteiger charge is -2.28.